The first-order valence-electron chi connectivity index (χ1n) is 10.2. The summed E-state index contributed by atoms with van der Waals surface area (Å²) in [6.45, 7) is 3.02. The van der Waals surface area contributed by atoms with Crippen LogP contribution in [0.2, 0.25) is 5.02 Å². The van der Waals surface area contributed by atoms with Gasteiger partial charge in [-0.15, -0.1) is 10.2 Å². The Balaban J connectivity index is 1.20. The van der Waals surface area contributed by atoms with E-state index in [1.807, 2.05) is 24.3 Å². The van der Waals surface area contributed by atoms with Gasteiger partial charge in [-0.05, 0) is 62.0 Å². The highest BCUT2D eigenvalue weighted by Crippen LogP contribution is 2.28. The Bertz CT molecular complexity index is 1090. The van der Waals surface area contributed by atoms with Crippen LogP contribution in [0.3, 0.4) is 0 Å². The van der Waals surface area contributed by atoms with Crippen molar-refractivity contribution in [2.75, 3.05) is 13.1 Å². The molecule has 4 aromatic rings. The fourth-order valence-electron chi connectivity index (χ4n) is 4.24. The third-order valence-electron chi connectivity index (χ3n) is 5.85. The Hall–Kier alpha value is -2.63. The minimum Gasteiger partial charge on any atom is -0.352 e. The van der Waals surface area contributed by atoms with Crippen LogP contribution in [0.25, 0.3) is 22.4 Å². The number of H-pyrrole nitrogens is 2. The number of fused-ring (bicyclic) bond motifs is 1. The van der Waals surface area contributed by atoms with Crippen molar-refractivity contribution in [3.05, 3.63) is 71.0 Å². The van der Waals surface area contributed by atoms with E-state index in [2.05, 4.69) is 55.4 Å². The third-order valence-corrected chi connectivity index (χ3v) is 6.18. The van der Waals surface area contributed by atoms with E-state index in [1.165, 1.54) is 24.8 Å². The molecule has 148 valence electrons. The van der Waals surface area contributed by atoms with E-state index in [9.17, 15) is 0 Å². The second-order valence-corrected chi connectivity index (χ2v) is 8.32. The van der Waals surface area contributed by atoms with Crippen molar-refractivity contribution in [1.82, 2.24) is 25.1 Å². The van der Waals surface area contributed by atoms with E-state index in [4.69, 9.17) is 11.6 Å². The fraction of sp³-hybridized carbons (Fsp3) is 0.304. The van der Waals surface area contributed by atoms with Crippen molar-refractivity contribution < 1.29 is 0 Å². The van der Waals surface area contributed by atoms with Gasteiger partial charge < -0.3 is 9.97 Å². The van der Waals surface area contributed by atoms with Gasteiger partial charge >= 0.3 is 0 Å². The predicted octanol–water partition coefficient (Wildman–Crippen LogP) is 5.06. The number of hydrogen-bond acceptors (Lipinski definition) is 3. The molecule has 0 saturated carbocycles. The molecule has 0 aliphatic carbocycles. The summed E-state index contributed by atoms with van der Waals surface area (Å²) < 4.78 is 0. The van der Waals surface area contributed by atoms with Gasteiger partial charge in [-0.25, -0.2) is 0 Å². The van der Waals surface area contributed by atoms with Crippen LogP contribution in [-0.4, -0.2) is 38.2 Å². The highest BCUT2D eigenvalue weighted by molar-refractivity contribution is 6.35. The summed E-state index contributed by atoms with van der Waals surface area (Å²) in [5.41, 5.74) is 3.36. The quantitative estimate of drug-likeness (QED) is 0.487. The molecule has 3 heterocycles. The zero-order valence-corrected chi connectivity index (χ0v) is 17.0. The molecule has 1 aliphatic rings. The summed E-state index contributed by atoms with van der Waals surface area (Å²) in [4.78, 5) is 9.20. The molecule has 29 heavy (non-hydrogen) atoms. The lowest BCUT2D eigenvalue weighted by Crippen LogP contribution is -2.34. The summed E-state index contributed by atoms with van der Waals surface area (Å²) in [5, 5.41) is 10.4. The number of nitrogens with zero attached hydrogens (tertiary/aromatic N) is 3. The highest BCUT2D eigenvalue weighted by Gasteiger charge is 2.21. The Labute approximate surface area is 175 Å². The SMILES string of the molecule is Clc1cccc2[nH]c(-c3nnc(CN4CCC(Cc5ccccc5)CC4)[nH]3)cc12. The maximum absolute atomic E-state index is 6.28. The molecule has 5 nitrogen and oxygen atoms in total. The zero-order valence-electron chi connectivity index (χ0n) is 16.2. The summed E-state index contributed by atoms with van der Waals surface area (Å²) in [6, 6.07) is 18.7. The van der Waals surface area contributed by atoms with Gasteiger partial charge in [0, 0.05) is 15.9 Å². The van der Waals surface area contributed by atoms with E-state index >= 15 is 0 Å². The molecule has 0 unspecified atom stereocenters. The van der Waals surface area contributed by atoms with E-state index in [1.54, 1.807) is 0 Å². The molecule has 0 bridgehead atoms. The normalized spacial score (nSPS) is 15.9. The maximum Gasteiger partial charge on any atom is 0.177 e. The number of benzene rings is 2. The highest BCUT2D eigenvalue weighted by atomic mass is 35.5. The summed E-state index contributed by atoms with van der Waals surface area (Å²) in [5.74, 6) is 2.44. The molecule has 1 saturated heterocycles. The number of rotatable bonds is 5. The van der Waals surface area contributed by atoms with Crippen LogP contribution in [0.4, 0.5) is 0 Å². The van der Waals surface area contributed by atoms with Crippen LogP contribution in [0.15, 0.2) is 54.6 Å². The molecule has 1 fully saturated rings. The molecule has 2 N–H and O–H groups in total. The zero-order chi connectivity index (χ0) is 19.6. The molecule has 1 aliphatic heterocycles. The lowest BCUT2D eigenvalue weighted by molar-refractivity contribution is 0.173. The van der Waals surface area contributed by atoms with Crippen molar-refractivity contribution >= 4 is 22.5 Å². The van der Waals surface area contributed by atoms with E-state index in [0.717, 1.165) is 58.8 Å². The van der Waals surface area contributed by atoms with Gasteiger partial charge in [-0.1, -0.05) is 48.0 Å². The van der Waals surface area contributed by atoms with Gasteiger partial charge in [0.1, 0.15) is 5.82 Å². The standard InChI is InChI=1S/C23H24ClN5/c24-19-7-4-8-20-18(19)14-21(25-20)23-26-22(27-28-23)15-29-11-9-17(10-12-29)13-16-5-2-1-3-6-16/h1-8,14,17,25H,9-13,15H2,(H,26,27,28). The second kappa shape index (κ2) is 8.01. The largest absolute Gasteiger partial charge is 0.352 e. The van der Waals surface area contributed by atoms with E-state index in [-0.39, 0.29) is 0 Å². The second-order valence-electron chi connectivity index (χ2n) is 7.91. The Morgan fingerprint density at radius 1 is 0.966 bits per heavy atom. The van der Waals surface area contributed by atoms with Gasteiger partial charge in [-0.2, -0.15) is 0 Å². The van der Waals surface area contributed by atoms with E-state index in [0.29, 0.717) is 0 Å². The third kappa shape index (κ3) is 4.07. The molecule has 0 amide bonds. The molecule has 0 radical (unpaired) electrons. The number of aromatic nitrogens is 4. The fourth-order valence-corrected chi connectivity index (χ4v) is 4.47. The van der Waals surface area contributed by atoms with Crippen molar-refractivity contribution in [1.29, 1.82) is 0 Å². The number of hydrogen-bond donors (Lipinski definition) is 2. The minimum absolute atomic E-state index is 0.739. The molecule has 2 aromatic heterocycles. The molecule has 5 rings (SSSR count). The average molecular weight is 406 g/mol. The van der Waals surface area contributed by atoms with Gasteiger partial charge in [0.25, 0.3) is 0 Å². The maximum atomic E-state index is 6.28. The van der Waals surface area contributed by atoms with E-state index < -0.39 is 0 Å². The van der Waals surface area contributed by atoms with Crippen LogP contribution in [0.1, 0.15) is 24.2 Å². The summed E-state index contributed by atoms with van der Waals surface area (Å²) in [7, 11) is 0. The van der Waals surface area contributed by atoms with Crippen molar-refractivity contribution in [3.63, 3.8) is 0 Å². The van der Waals surface area contributed by atoms with Crippen molar-refractivity contribution in [2.24, 2.45) is 5.92 Å². The topological polar surface area (TPSA) is 60.6 Å². The number of halogens is 1. The van der Waals surface area contributed by atoms with Crippen LogP contribution < -0.4 is 0 Å². The number of aromatic amines is 2. The van der Waals surface area contributed by atoms with Gasteiger partial charge in [0.2, 0.25) is 0 Å². The summed E-state index contributed by atoms with van der Waals surface area (Å²) in [6.07, 6.45) is 3.65. The lowest BCUT2D eigenvalue weighted by Gasteiger charge is -2.31. The Kier molecular flexibility index (Phi) is 5.08. The van der Waals surface area contributed by atoms with Crippen LogP contribution in [0.5, 0.6) is 0 Å². The predicted molar refractivity (Wildman–Crippen MR) is 117 cm³/mol. The Morgan fingerprint density at radius 3 is 2.59 bits per heavy atom. The van der Waals surface area contributed by atoms with Crippen LogP contribution in [0, 0.1) is 5.92 Å². The smallest absolute Gasteiger partial charge is 0.177 e. The lowest BCUT2D eigenvalue weighted by atomic mass is 9.90. The molecule has 0 spiro atoms. The molecular weight excluding hydrogens is 382 g/mol. The minimum atomic E-state index is 0.739. The molecular formula is C23H24ClN5. The molecule has 0 atom stereocenters. The first kappa shape index (κ1) is 18.4. The number of piperidine rings is 1. The molecule has 6 heteroatoms. The van der Waals surface area contributed by atoms with Crippen molar-refractivity contribution in [3.8, 4) is 11.5 Å². The first-order chi connectivity index (χ1) is 14.2. The Morgan fingerprint density at radius 2 is 1.79 bits per heavy atom. The number of nitrogens with one attached hydrogen (secondary N) is 2. The first-order valence-corrected chi connectivity index (χ1v) is 10.6. The van der Waals surface area contributed by atoms with Gasteiger partial charge in [0.05, 0.1) is 12.2 Å². The average Bonchev–Trinajstić information content (AvgIpc) is 3.38. The van der Waals surface area contributed by atoms with Crippen LogP contribution >= 0.6 is 11.6 Å². The van der Waals surface area contributed by atoms with Gasteiger partial charge in [-0.3, -0.25) is 4.90 Å². The monoisotopic (exact) mass is 405 g/mol. The summed E-state index contributed by atoms with van der Waals surface area (Å²) >= 11 is 6.28. The number of likely N-dealkylation sites (tertiary alicyclic amines) is 1. The van der Waals surface area contributed by atoms with Crippen molar-refractivity contribution in [2.45, 2.75) is 25.8 Å². The van der Waals surface area contributed by atoms with Crippen LogP contribution in [-0.2, 0) is 13.0 Å². The van der Waals surface area contributed by atoms with Gasteiger partial charge in [0.15, 0.2) is 5.82 Å². The molecule has 2 aromatic carbocycles.